The molecule has 106 valence electrons. The molecule has 5 N–H and O–H groups in total. The van der Waals surface area contributed by atoms with Crippen LogP contribution >= 0.6 is 7.37 Å². The predicted molar refractivity (Wildman–Crippen MR) is 83.3 cm³/mol. The summed E-state index contributed by atoms with van der Waals surface area (Å²) in [6, 6.07) is 14.4. The molecule has 0 saturated carbocycles. The molecule has 21 heavy (non-hydrogen) atoms. The van der Waals surface area contributed by atoms with E-state index in [1.54, 1.807) is 24.3 Å². The van der Waals surface area contributed by atoms with Gasteiger partial charge in [0.05, 0.1) is 5.30 Å². The molecule has 0 saturated heterocycles. The highest BCUT2D eigenvalue weighted by Crippen LogP contribution is 2.54. The number of rotatable bonds is 1. The number of amidine groups is 1. The van der Waals surface area contributed by atoms with Gasteiger partial charge in [-0.1, -0.05) is 36.4 Å². The van der Waals surface area contributed by atoms with Crippen LogP contribution < -0.4 is 21.3 Å². The maximum Gasteiger partial charge on any atom is 0.341 e. The molecular formula is C14H13N4O2P. The molecule has 1 unspecified atom stereocenters. The Morgan fingerprint density at radius 1 is 1.05 bits per heavy atom. The monoisotopic (exact) mass is 300 g/mol. The second-order valence-corrected chi connectivity index (χ2v) is 6.74. The Morgan fingerprint density at radius 3 is 2.38 bits per heavy atom. The summed E-state index contributed by atoms with van der Waals surface area (Å²) in [6.07, 6.45) is 0. The van der Waals surface area contributed by atoms with Crippen molar-refractivity contribution in [1.82, 2.24) is 0 Å². The Morgan fingerprint density at radius 2 is 1.67 bits per heavy atom. The number of nitrogens with zero attached hydrogens (tertiary/aromatic N) is 1. The van der Waals surface area contributed by atoms with Gasteiger partial charge in [-0.15, -0.1) is 0 Å². The molecule has 1 aliphatic heterocycles. The molecule has 7 heteroatoms. The Labute approximate surface area is 121 Å². The number of nitrogens with two attached hydrogens (primary N) is 2. The highest BCUT2D eigenvalue weighted by atomic mass is 31.2. The van der Waals surface area contributed by atoms with Crippen molar-refractivity contribution in [2.45, 2.75) is 0 Å². The summed E-state index contributed by atoms with van der Waals surface area (Å²) in [5, 5.41) is 7.66. The normalized spacial score (nSPS) is 20.1. The van der Waals surface area contributed by atoms with Gasteiger partial charge >= 0.3 is 7.37 Å². The standard InChI is InChI=1S/C14H13N4O2P/c15-13(16)18-14(17)21(19)12-8-4-2-6-10(12)9-5-1-3-7-11(9)20-21/h1-8H,(H5,15,16,17,18). The van der Waals surface area contributed by atoms with E-state index in [9.17, 15) is 4.57 Å². The van der Waals surface area contributed by atoms with Crippen LogP contribution in [0.1, 0.15) is 0 Å². The summed E-state index contributed by atoms with van der Waals surface area (Å²) in [4.78, 5) is 3.61. The summed E-state index contributed by atoms with van der Waals surface area (Å²) >= 11 is 0. The first-order valence-electron chi connectivity index (χ1n) is 6.20. The molecule has 6 nitrogen and oxygen atoms in total. The predicted octanol–water partition coefficient (Wildman–Crippen LogP) is 1.86. The SMILES string of the molecule is N=C(N)/N=C(/N)P1(=O)Oc2ccccc2-c2ccccc21. The fourth-order valence-electron chi connectivity index (χ4n) is 2.27. The van der Waals surface area contributed by atoms with Crippen molar-refractivity contribution in [3.8, 4) is 16.9 Å². The maximum absolute atomic E-state index is 13.2. The van der Waals surface area contributed by atoms with E-state index in [0.29, 0.717) is 11.1 Å². The molecule has 0 amide bonds. The number of fused-ring (bicyclic) bond motifs is 3. The molecule has 0 radical (unpaired) electrons. The zero-order chi connectivity index (χ0) is 15.0. The van der Waals surface area contributed by atoms with Gasteiger partial charge in [-0.3, -0.25) is 9.97 Å². The van der Waals surface area contributed by atoms with Crippen LogP contribution in [0.25, 0.3) is 11.1 Å². The molecule has 2 aromatic rings. The number of para-hydroxylation sites is 1. The van der Waals surface area contributed by atoms with Crippen molar-refractivity contribution in [2.24, 2.45) is 16.5 Å². The van der Waals surface area contributed by atoms with Gasteiger partial charge < -0.3 is 16.0 Å². The second-order valence-electron chi connectivity index (χ2n) is 4.51. The van der Waals surface area contributed by atoms with Gasteiger partial charge in [0.15, 0.2) is 0 Å². The Hall–Kier alpha value is -2.59. The first-order chi connectivity index (χ1) is 10.0. The van der Waals surface area contributed by atoms with Crippen LogP contribution in [0.4, 0.5) is 0 Å². The minimum absolute atomic E-state index is 0.281. The van der Waals surface area contributed by atoms with E-state index in [-0.39, 0.29) is 5.58 Å². The van der Waals surface area contributed by atoms with Crippen LogP contribution in [0.15, 0.2) is 53.5 Å². The molecule has 0 spiro atoms. The highest BCUT2D eigenvalue weighted by Gasteiger charge is 2.39. The quantitative estimate of drug-likeness (QED) is 0.423. The zero-order valence-corrected chi connectivity index (χ0v) is 11.9. The molecule has 1 heterocycles. The Balaban J connectivity index is 2.28. The van der Waals surface area contributed by atoms with Crippen LogP contribution in [0, 0.1) is 5.41 Å². The van der Waals surface area contributed by atoms with Gasteiger partial charge in [-0.05, 0) is 17.7 Å². The van der Waals surface area contributed by atoms with Crippen molar-refractivity contribution >= 4 is 24.2 Å². The van der Waals surface area contributed by atoms with Gasteiger partial charge in [0.25, 0.3) is 0 Å². The number of hydrogen-bond acceptors (Lipinski definition) is 3. The molecule has 1 atom stereocenters. The third-order valence-electron chi connectivity index (χ3n) is 3.16. The van der Waals surface area contributed by atoms with Crippen LogP contribution in [-0.4, -0.2) is 11.5 Å². The third kappa shape index (κ3) is 2.10. The van der Waals surface area contributed by atoms with Gasteiger partial charge in [-0.25, -0.2) is 0 Å². The molecule has 3 rings (SSSR count). The summed E-state index contributed by atoms with van der Waals surface area (Å²) < 4.78 is 18.9. The average Bonchev–Trinajstić information content (AvgIpc) is 2.47. The van der Waals surface area contributed by atoms with Crippen molar-refractivity contribution < 1.29 is 9.09 Å². The summed E-state index contributed by atoms with van der Waals surface area (Å²) in [5.74, 6) is -0.0381. The third-order valence-corrected chi connectivity index (χ3v) is 5.34. The molecule has 0 fully saturated rings. The Kier molecular flexibility index (Phi) is 3.03. The van der Waals surface area contributed by atoms with E-state index in [2.05, 4.69) is 4.99 Å². The first kappa shape index (κ1) is 13.4. The van der Waals surface area contributed by atoms with Crippen LogP contribution in [0.2, 0.25) is 0 Å². The molecule has 1 aliphatic rings. The van der Waals surface area contributed by atoms with E-state index >= 15 is 0 Å². The number of guanidine groups is 1. The van der Waals surface area contributed by atoms with E-state index < -0.39 is 13.3 Å². The van der Waals surface area contributed by atoms with Crippen molar-refractivity contribution in [2.75, 3.05) is 0 Å². The minimum Gasteiger partial charge on any atom is -0.434 e. The van der Waals surface area contributed by atoms with Gasteiger partial charge in [0.2, 0.25) is 11.5 Å². The zero-order valence-electron chi connectivity index (χ0n) is 11.0. The highest BCUT2D eigenvalue weighted by molar-refractivity contribution is 7.83. The lowest BCUT2D eigenvalue weighted by atomic mass is 10.0. The van der Waals surface area contributed by atoms with Gasteiger partial charge in [0, 0.05) is 5.56 Å². The van der Waals surface area contributed by atoms with E-state index in [1.165, 1.54) is 0 Å². The van der Waals surface area contributed by atoms with Crippen molar-refractivity contribution in [3.63, 3.8) is 0 Å². The smallest absolute Gasteiger partial charge is 0.341 e. The van der Waals surface area contributed by atoms with Crippen LogP contribution in [0.5, 0.6) is 5.75 Å². The topological polar surface area (TPSA) is 115 Å². The maximum atomic E-state index is 13.2. The molecular weight excluding hydrogens is 287 g/mol. The fourth-order valence-corrected chi connectivity index (χ4v) is 4.18. The lowest BCUT2D eigenvalue weighted by Crippen LogP contribution is -2.29. The van der Waals surface area contributed by atoms with E-state index in [4.69, 9.17) is 21.4 Å². The summed E-state index contributed by atoms with van der Waals surface area (Å²) in [5.41, 5.74) is 12.4. The van der Waals surface area contributed by atoms with E-state index in [0.717, 1.165) is 11.1 Å². The number of hydrogen-bond donors (Lipinski definition) is 3. The molecule has 0 bridgehead atoms. The average molecular weight is 300 g/mol. The Bertz CT molecular complexity index is 816. The lowest BCUT2D eigenvalue weighted by Gasteiger charge is -2.27. The first-order valence-corrected chi connectivity index (χ1v) is 7.82. The molecule has 0 aromatic heterocycles. The lowest BCUT2D eigenvalue weighted by molar-refractivity contribution is 0.503. The summed E-state index contributed by atoms with van der Waals surface area (Å²) in [7, 11) is -3.57. The molecule has 0 aliphatic carbocycles. The van der Waals surface area contributed by atoms with Crippen LogP contribution in [-0.2, 0) is 4.57 Å². The van der Waals surface area contributed by atoms with Crippen LogP contribution in [0.3, 0.4) is 0 Å². The second kappa shape index (κ2) is 4.75. The van der Waals surface area contributed by atoms with Crippen molar-refractivity contribution in [3.05, 3.63) is 48.5 Å². The fraction of sp³-hybridized carbons (Fsp3) is 0. The molecule has 2 aromatic carbocycles. The van der Waals surface area contributed by atoms with Gasteiger partial charge in [-0.2, -0.15) is 4.99 Å². The summed E-state index contributed by atoms with van der Waals surface area (Å²) in [6.45, 7) is 0. The number of nitrogens with one attached hydrogen (secondary N) is 1. The number of aliphatic imine (C=N–C) groups is 1. The number of benzene rings is 2. The van der Waals surface area contributed by atoms with Gasteiger partial charge in [0.1, 0.15) is 5.75 Å². The largest absolute Gasteiger partial charge is 0.434 e. The minimum atomic E-state index is -3.57. The van der Waals surface area contributed by atoms with E-state index in [1.807, 2.05) is 24.3 Å². The van der Waals surface area contributed by atoms with Crippen molar-refractivity contribution in [1.29, 1.82) is 5.41 Å².